The lowest BCUT2D eigenvalue weighted by atomic mass is 10.3. The smallest absolute Gasteiger partial charge is 0.304 e. The number of para-hydroxylation sites is 2. The van der Waals surface area contributed by atoms with Crippen LogP contribution in [0.2, 0.25) is 0 Å². The van der Waals surface area contributed by atoms with Gasteiger partial charge in [0.1, 0.15) is 5.52 Å². The topological polar surface area (TPSA) is 46.3 Å². The monoisotopic (exact) mass is 216 g/mol. The first-order chi connectivity index (χ1) is 7.75. The molecule has 82 valence electrons. The average molecular weight is 216 g/mol. The van der Waals surface area contributed by atoms with E-state index in [9.17, 15) is 4.79 Å². The van der Waals surface area contributed by atoms with Crippen LogP contribution in [0.25, 0.3) is 11.1 Å². The molecule has 0 N–H and O–H groups in total. The van der Waals surface area contributed by atoms with Crippen LogP contribution in [0.1, 0.15) is 12.8 Å². The lowest BCUT2D eigenvalue weighted by Gasteiger charge is -2.10. The molecule has 0 unspecified atom stereocenters. The number of rotatable bonds is 2. The fraction of sp³-hybridized carbons (Fsp3) is 0.333. The Kier molecular flexibility index (Phi) is 1.96. The maximum absolute atomic E-state index is 11.8. The van der Waals surface area contributed by atoms with Crippen molar-refractivity contribution in [3.8, 4) is 0 Å². The van der Waals surface area contributed by atoms with Crippen LogP contribution in [0, 0.1) is 5.92 Å². The van der Waals surface area contributed by atoms with Gasteiger partial charge in [-0.2, -0.15) is 4.98 Å². The third kappa shape index (κ3) is 1.46. The number of anilines is 1. The molecule has 0 atom stereocenters. The fourth-order valence-corrected chi connectivity index (χ4v) is 1.70. The van der Waals surface area contributed by atoms with Crippen molar-refractivity contribution in [1.82, 2.24) is 4.98 Å². The normalized spacial score (nSPS) is 15.3. The van der Waals surface area contributed by atoms with Crippen LogP contribution in [-0.2, 0) is 4.79 Å². The summed E-state index contributed by atoms with van der Waals surface area (Å²) in [6.07, 6.45) is 1.98. The molecule has 1 aromatic carbocycles. The molecule has 1 aliphatic rings. The first-order valence-electron chi connectivity index (χ1n) is 5.39. The van der Waals surface area contributed by atoms with Gasteiger partial charge in [0.25, 0.3) is 0 Å². The van der Waals surface area contributed by atoms with Gasteiger partial charge in [0, 0.05) is 13.0 Å². The number of hydrogen-bond donors (Lipinski definition) is 0. The van der Waals surface area contributed by atoms with Crippen LogP contribution in [0.4, 0.5) is 6.01 Å². The number of amides is 1. The Morgan fingerprint density at radius 2 is 2.19 bits per heavy atom. The van der Waals surface area contributed by atoms with E-state index in [1.807, 2.05) is 24.3 Å². The number of carbonyl (C=O) groups excluding carboxylic acids is 1. The number of oxazole rings is 1. The molecule has 3 rings (SSSR count). The summed E-state index contributed by atoms with van der Waals surface area (Å²) < 4.78 is 5.52. The van der Waals surface area contributed by atoms with Gasteiger partial charge in [0.05, 0.1) is 0 Å². The van der Waals surface area contributed by atoms with E-state index in [1.54, 1.807) is 7.05 Å². The van der Waals surface area contributed by atoms with Crippen LogP contribution in [0.15, 0.2) is 28.7 Å². The number of aromatic nitrogens is 1. The van der Waals surface area contributed by atoms with E-state index in [0.717, 1.165) is 18.4 Å². The molecule has 0 radical (unpaired) electrons. The summed E-state index contributed by atoms with van der Waals surface area (Å²) in [5.41, 5.74) is 1.50. The van der Waals surface area contributed by atoms with Crippen molar-refractivity contribution >= 4 is 23.0 Å². The molecule has 0 bridgehead atoms. The number of benzene rings is 1. The van der Waals surface area contributed by atoms with Gasteiger partial charge in [-0.3, -0.25) is 9.69 Å². The Morgan fingerprint density at radius 3 is 2.88 bits per heavy atom. The molecule has 4 nitrogen and oxygen atoms in total. The second-order valence-electron chi connectivity index (χ2n) is 4.14. The molecule has 0 aliphatic heterocycles. The summed E-state index contributed by atoms with van der Waals surface area (Å²) in [6, 6.07) is 7.90. The van der Waals surface area contributed by atoms with E-state index >= 15 is 0 Å². The van der Waals surface area contributed by atoms with Gasteiger partial charge >= 0.3 is 6.01 Å². The Labute approximate surface area is 92.9 Å². The molecule has 0 saturated heterocycles. The lowest BCUT2D eigenvalue weighted by Crippen LogP contribution is -2.27. The minimum atomic E-state index is 0.103. The van der Waals surface area contributed by atoms with Crippen LogP contribution in [0.3, 0.4) is 0 Å². The van der Waals surface area contributed by atoms with Crippen molar-refractivity contribution in [2.24, 2.45) is 5.92 Å². The van der Waals surface area contributed by atoms with E-state index < -0.39 is 0 Å². The average Bonchev–Trinajstić information content (AvgIpc) is 3.06. The predicted molar refractivity (Wildman–Crippen MR) is 60.1 cm³/mol. The van der Waals surface area contributed by atoms with Crippen LogP contribution >= 0.6 is 0 Å². The Morgan fingerprint density at radius 1 is 1.44 bits per heavy atom. The molecule has 1 heterocycles. The van der Waals surface area contributed by atoms with Crippen molar-refractivity contribution < 1.29 is 9.21 Å². The molecule has 16 heavy (non-hydrogen) atoms. The molecule has 4 heteroatoms. The van der Waals surface area contributed by atoms with Crippen molar-refractivity contribution in [2.75, 3.05) is 11.9 Å². The predicted octanol–water partition coefficient (Wildman–Crippen LogP) is 2.20. The van der Waals surface area contributed by atoms with Gasteiger partial charge < -0.3 is 4.42 Å². The van der Waals surface area contributed by atoms with Crippen molar-refractivity contribution in [3.05, 3.63) is 24.3 Å². The van der Waals surface area contributed by atoms with Gasteiger partial charge in [-0.05, 0) is 25.0 Å². The SMILES string of the molecule is CN(C(=O)C1CC1)c1nc2ccccc2o1. The molecule has 1 saturated carbocycles. The van der Waals surface area contributed by atoms with Crippen molar-refractivity contribution in [1.29, 1.82) is 0 Å². The van der Waals surface area contributed by atoms with Crippen LogP contribution in [0.5, 0.6) is 0 Å². The summed E-state index contributed by atoms with van der Waals surface area (Å²) in [5, 5.41) is 0. The summed E-state index contributed by atoms with van der Waals surface area (Å²) in [6.45, 7) is 0. The minimum absolute atomic E-state index is 0.103. The number of fused-ring (bicyclic) bond motifs is 1. The van der Waals surface area contributed by atoms with Gasteiger partial charge in [-0.15, -0.1) is 0 Å². The van der Waals surface area contributed by atoms with Gasteiger partial charge in [-0.25, -0.2) is 0 Å². The zero-order valence-electron chi connectivity index (χ0n) is 9.01. The third-order valence-electron chi connectivity index (χ3n) is 2.83. The highest BCUT2D eigenvalue weighted by Crippen LogP contribution is 2.32. The third-order valence-corrected chi connectivity index (χ3v) is 2.83. The molecule has 1 aliphatic carbocycles. The van der Waals surface area contributed by atoms with Crippen LogP contribution in [-0.4, -0.2) is 17.9 Å². The van der Waals surface area contributed by atoms with Crippen LogP contribution < -0.4 is 4.90 Å². The van der Waals surface area contributed by atoms with Gasteiger partial charge in [0.15, 0.2) is 5.58 Å². The highest BCUT2D eigenvalue weighted by molar-refractivity contribution is 5.95. The lowest BCUT2D eigenvalue weighted by molar-refractivity contribution is -0.119. The second-order valence-corrected chi connectivity index (χ2v) is 4.14. The Hall–Kier alpha value is -1.84. The molecule has 1 fully saturated rings. The quantitative estimate of drug-likeness (QED) is 0.773. The van der Waals surface area contributed by atoms with Gasteiger partial charge in [-0.1, -0.05) is 12.1 Å². The molecular formula is C12H12N2O2. The summed E-state index contributed by atoms with van der Waals surface area (Å²) >= 11 is 0. The first kappa shape index (κ1) is 9.39. The number of carbonyl (C=O) groups is 1. The van der Waals surface area contributed by atoms with E-state index in [0.29, 0.717) is 11.6 Å². The Bertz CT molecular complexity index is 510. The minimum Gasteiger partial charge on any atom is -0.423 e. The van der Waals surface area contributed by atoms with Gasteiger partial charge in [0.2, 0.25) is 5.91 Å². The zero-order valence-corrected chi connectivity index (χ0v) is 9.01. The standard InChI is InChI=1S/C12H12N2O2/c1-14(11(15)8-6-7-8)12-13-9-4-2-3-5-10(9)16-12/h2-5,8H,6-7H2,1H3. The molecule has 1 aromatic heterocycles. The van der Waals surface area contributed by atoms with E-state index in [-0.39, 0.29) is 11.8 Å². The highest BCUT2D eigenvalue weighted by Gasteiger charge is 2.34. The fourth-order valence-electron chi connectivity index (χ4n) is 1.70. The summed E-state index contributed by atoms with van der Waals surface area (Å²) in [4.78, 5) is 17.6. The highest BCUT2D eigenvalue weighted by atomic mass is 16.4. The molecular weight excluding hydrogens is 204 g/mol. The zero-order chi connectivity index (χ0) is 11.1. The molecule has 0 spiro atoms. The number of nitrogens with zero attached hydrogens (tertiary/aromatic N) is 2. The van der Waals surface area contributed by atoms with Crippen molar-refractivity contribution in [3.63, 3.8) is 0 Å². The van der Waals surface area contributed by atoms with Crippen molar-refractivity contribution in [2.45, 2.75) is 12.8 Å². The molecule has 1 amide bonds. The number of hydrogen-bond acceptors (Lipinski definition) is 3. The Balaban J connectivity index is 1.95. The van der Waals surface area contributed by atoms with E-state index in [1.165, 1.54) is 4.90 Å². The largest absolute Gasteiger partial charge is 0.423 e. The van der Waals surface area contributed by atoms with E-state index in [4.69, 9.17) is 4.42 Å². The summed E-state index contributed by atoms with van der Waals surface area (Å²) in [5.74, 6) is 0.284. The second kappa shape index (κ2) is 3.33. The van der Waals surface area contributed by atoms with E-state index in [2.05, 4.69) is 4.98 Å². The molecule has 2 aromatic rings. The first-order valence-corrected chi connectivity index (χ1v) is 5.39. The maximum atomic E-state index is 11.8. The summed E-state index contributed by atoms with van der Waals surface area (Å²) in [7, 11) is 1.71. The maximum Gasteiger partial charge on any atom is 0.304 e.